The molecule has 0 spiro atoms. The van der Waals surface area contributed by atoms with Gasteiger partial charge in [-0.05, 0) is 21.0 Å². The maximum Gasteiger partial charge on any atom is 0.252 e. The smallest absolute Gasteiger partial charge is 0.252 e. The molecule has 1 unspecified atom stereocenters. The van der Waals surface area contributed by atoms with Crippen molar-refractivity contribution in [3.8, 4) is 0 Å². The van der Waals surface area contributed by atoms with E-state index in [2.05, 4.69) is 20.2 Å². The van der Waals surface area contributed by atoms with Crippen LogP contribution in [0.25, 0.3) is 0 Å². The van der Waals surface area contributed by atoms with Gasteiger partial charge in [0.2, 0.25) is 0 Å². The Balaban J connectivity index is 2.56. The van der Waals surface area contributed by atoms with Gasteiger partial charge in [0.15, 0.2) is 0 Å². The molecule has 1 aromatic rings. The van der Waals surface area contributed by atoms with Crippen molar-refractivity contribution in [1.82, 2.24) is 14.9 Å². The summed E-state index contributed by atoms with van der Waals surface area (Å²) in [7, 11) is 4.01. The number of aromatic amines is 1. The summed E-state index contributed by atoms with van der Waals surface area (Å²) in [6, 6.07) is 1.71. The summed E-state index contributed by atoms with van der Waals surface area (Å²) in [5.41, 5.74) is -0.139. The molecule has 5 heteroatoms. The van der Waals surface area contributed by atoms with Crippen LogP contribution in [0, 0.1) is 0 Å². The van der Waals surface area contributed by atoms with Crippen molar-refractivity contribution in [2.75, 3.05) is 26.0 Å². The van der Waals surface area contributed by atoms with Crippen molar-refractivity contribution in [2.24, 2.45) is 0 Å². The summed E-state index contributed by atoms with van der Waals surface area (Å²) in [6.07, 6.45) is 1.40. The third-order valence-electron chi connectivity index (χ3n) is 1.71. The molecule has 0 aliphatic carbocycles. The summed E-state index contributed by atoms with van der Waals surface area (Å²) in [6.45, 7) is 2.94. The second-order valence-electron chi connectivity index (χ2n) is 3.60. The third-order valence-corrected chi connectivity index (χ3v) is 1.71. The molecule has 2 N–H and O–H groups in total. The van der Waals surface area contributed by atoms with Crippen molar-refractivity contribution in [2.45, 2.75) is 13.0 Å². The van der Waals surface area contributed by atoms with Crippen LogP contribution in [-0.4, -0.2) is 41.5 Å². The number of anilines is 1. The summed E-state index contributed by atoms with van der Waals surface area (Å²) in [4.78, 5) is 19.5. The quantitative estimate of drug-likeness (QED) is 0.718. The van der Waals surface area contributed by atoms with Gasteiger partial charge in [0.25, 0.3) is 5.56 Å². The first-order chi connectivity index (χ1) is 6.58. The Labute approximate surface area is 83.2 Å². The summed E-state index contributed by atoms with van der Waals surface area (Å²) in [5, 5.41) is 3.14. The van der Waals surface area contributed by atoms with Gasteiger partial charge in [-0.2, -0.15) is 0 Å². The molecule has 1 atom stereocenters. The Bertz CT molecular complexity index is 334. The minimum absolute atomic E-state index is 0.139. The minimum atomic E-state index is -0.139. The Morgan fingerprint density at radius 1 is 1.64 bits per heavy atom. The molecule has 1 aromatic heterocycles. The highest BCUT2D eigenvalue weighted by atomic mass is 16.1. The molecule has 0 aliphatic heterocycles. The van der Waals surface area contributed by atoms with Crippen LogP contribution >= 0.6 is 0 Å². The molecular formula is C9H16N4O. The van der Waals surface area contributed by atoms with Crippen LogP contribution in [0.5, 0.6) is 0 Å². The fourth-order valence-electron chi connectivity index (χ4n) is 1.29. The fraction of sp³-hybridized carbons (Fsp3) is 0.556. The molecule has 0 bridgehead atoms. The van der Waals surface area contributed by atoms with Gasteiger partial charge in [0, 0.05) is 18.7 Å². The van der Waals surface area contributed by atoms with Gasteiger partial charge < -0.3 is 15.2 Å². The molecular weight excluding hydrogens is 180 g/mol. The van der Waals surface area contributed by atoms with Gasteiger partial charge in [0.1, 0.15) is 5.82 Å². The second kappa shape index (κ2) is 4.76. The van der Waals surface area contributed by atoms with E-state index in [1.165, 1.54) is 12.4 Å². The summed E-state index contributed by atoms with van der Waals surface area (Å²) >= 11 is 0. The van der Waals surface area contributed by atoms with Crippen LogP contribution in [0.2, 0.25) is 0 Å². The number of likely N-dealkylation sites (N-methyl/N-ethyl adjacent to an activating group) is 1. The molecule has 5 nitrogen and oxygen atoms in total. The van der Waals surface area contributed by atoms with Gasteiger partial charge in [0.05, 0.1) is 6.33 Å². The van der Waals surface area contributed by atoms with E-state index in [1.54, 1.807) is 0 Å². The number of rotatable bonds is 4. The van der Waals surface area contributed by atoms with Crippen molar-refractivity contribution < 1.29 is 0 Å². The van der Waals surface area contributed by atoms with Gasteiger partial charge in [-0.15, -0.1) is 0 Å². The monoisotopic (exact) mass is 196 g/mol. The van der Waals surface area contributed by atoms with Gasteiger partial charge >= 0.3 is 0 Å². The lowest BCUT2D eigenvalue weighted by molar-refractivity contribution is 0.392. The highest BCUT2D eigenvalue weighted by Gasteiger charge is 2.03. The van der Waals surface area contributed by atoms with Crippen LogP contribution in [0.4, 0.5) is 5.82 Å². The van der Waals surface area contributed by atoms with Crippen molar-refractivity contribution in [3.05, 3.63) is 22.7 Å². The molecule has 78 valence electrons. The van der Waals surface area contributed by atoms with Crippen LogP contribution in [-0.2, 0) is 0 Å². The average molecular weight is 196 g/mol. The van der Waals surface area contributed by atoms with E-state index in [9.17, 15) is 4.79 Å². The lowest BCUT2D eigenvalue weighted by Crippen LogP contribution is -2.30. The maximum absolute atomic E-state index is 10.9. The third kappa shape index (κ3) is 3.57. The molecule has 14 heavy (non-hydrogen) atoms. The average Bonchev–Trinajstić information content (AvgIpc) is 2.01. The Hall–Kier alpha value is -1.36. The summed E-state index contributed by atoms with van der Waals surface area (Å²) < 4.78 is 0. The molecule has 0 aromatic carbocycles. The van der Waals surface area contributed by atoms with E-state index in [0.717, 1.165) is 6.54 Å². The number of nitrogens with zero attached hydrogens (tertiary/aromatic N) is 2. The maximum atomic E-state index is 10.9. The molecule has 1 rings (SSSR count). The highest BCUT2D eigenvalue weighted by Crippen LogP contribution is 1.99. The number of nitrogens with one attached hydrogen (secondary N) is 2. The zero-order chi connectivity index (χ0) is 10.6. The molecule has 0 saturated carbocycles. The van der Waals surface area contributed by atoms with Crippen LogP contribution in [0.1, 0.15) is 6.92 Å². The van der Waals surface area contributed by atoms with Gasteiger partial charge in [-0.3, -0.25) is 4.79 Å². The highest BCUT2D eigenvalue weighted by molar-refractivity contribution is 5.32. The molecule has 0 aliphatic rings. The first-order valence-corrected chi connectivity index (χ1v) is 4.54. The van der Waals surface area contributed by atoms with Gasteiger partial charge in [-0.25, -0.2) is 4.98 Å². The van der Waals surface area contributed by atoms with E-state index >= 15 is 0 Å². The Morgan fingerprint density at radius 3 is 2.93 bits per heavy atom. The van der Waals surface area contributed by atoms with E-state index in [1.807, 2.05) is 21.0 Å². The number of aromatic nitrogens is 2. The van der Waals surface area contributed by atoms with E-state index in [-0.39, 0.29) is 11.6 Å². The predicted octanol–water partition coefficient (Wildman–Crippen LogP) is 0.132. The zero-order valence-corrected chi connectivity index (χ0v) is 8.74. The van der Waals surface area contributed by atoms with E-state index in [4.69, 9.17) is 0 Å². The standard InChI is InChI=1S/C9H16N4O/c1-7(5-13(2)3)12-8-4-9(14)11-6-10-8/h4,6-7H,5H2,1-3H3,(H2,10,11,12,14). The first-order valence-electron chi connectivity index (χ1n) is 4.54. The number of hydrogen-bond donors (Lipinski definition) is 2. The minimum Gasteiger partial charge on any atom is -0.366 e. The van der Waals surface area contributed by atoms with Crippen molar-refractivity contribution in [1.29, 1.82) is 0 Å². The Kier molecular flexibility index (Phi) is 3.64. The SMILES string of the molecule is CC(CN(C)C)Nc1cc(=O)[nH]cn1. The lowest BCUT2D eigenvalue weighted by atomic mass is 10.3. The second-order valence-corrected chi connectivity index (χ2v) is 3.60. The first kappa shape index (κ1) is 10.7. The zero-order valence-electron chi connectivity index (χ0n) is 8.74. The van der Waals surface area contributed by atoms with Crippen LogP contribution in [0.3, 0.4) is 0 Å². The number of H-pyrrole nitrogens is 1. The molecule has 0 fully saturated rings. The normalized spacial score (nSPS) is 12.9. The van der Waals surface area contributed by atoms with E-state index < -0.39 is 0 Å². The van der Waals surface area contributed by atoms with Crippen LogP contribution in [0.15, 0.2) is 17.2 Å². The largest absolute Gasteiger partial charge is 0.366 e. The molecule has 1 heterocycles. The van der Waals surface area contributed by atoms with E-state index in [0.29, 0.717) is 5.82 Å². The van der Waals surface area contributed by atoms with Gasteiger partial charge in [-0.1, -0.05) is 0 Å². The molecule has 0 radical (unpaired) electrons. The molecule has 0 saturated heterocycles. The number of hydrogen-bond acceptors (Lipinski definition) is 4. The summed E-state index contributed by atoms with van der Waals surface area (Å²) in [5.74, 6) is 0.614. The predicted molar refractivity (Wildman–Crippen MR) is 56.5 cm³/mol. The topological polar surface area (TPSA) is 61.0 Å². The molecule has 0 amide bonds. The van der Waals surface area contributed by atoms with Crippen molar-refractivity contribution in [3.63, 3.8) is 0 Å². The van der Waals surface area contributed by atoms with Crippen molar-refractivity contribution >= 4 is 5.82 Å². The Morgan fingerprint density at radius 2 is 2.36 bits per heavy atom. The van der Waals surface area contributed by atoms with Crippen LogP contribution < -0.4 is 10.9 Å². The lowest BCUT2D eigenvalue weighted by Gasteiger charge is -2.18. The fourth-order valence-corrected chi connectivity index (χ4v) is 1.29.